The van der Waals surface area contributed by atoms with E-state index in [0.717, 1.165) is 51.4 Å². The van der Waals surface area contributed by atoms with Gasteiger partial charge in [-0.25, -0.2) is 4.79 Å². The number of esters is 1. The third-order valence-electron chi connectivity index (χ3n) is 5.54. The molecule has 0 saturated heterocycles. The van der Waals surface area contributed by atoms with Crippen molar-refractivity contribution in [2.75, 3.05) is 0 Å². The predicted molar refractivity (Wildman–Crippen MR) is 110 cm³/mol. The lowest BCUT2D eigenvalue weighted by atomic mass is 9.81. The maximum Gasteiger partial charge on any atom is 0.410 e. The largest absolute Gasteiger partial charge is 0.481 e. The summed E-state index contributed by atoms with van der Waals surface area (Å²) in [6.45, 7) is 7.24. The Bertz CT molecular complexity index is 521. The minimum Gasteiger partial charge on any atom is -0.481 e. The summed E-state index contributed by atoms with van der Waals surface area (Å²) >= 11 is 0. The Hall–Kier alpha value is -1.79. The first kappa shape index (κ1) is 25.2. The number of carboxylic acid groups (broad SMARTS) is 1. The topological polar surface area (TPSA) is 102 Å². The maximum atomic E-state index is 12.1. The van der Waals surface area contributed by atoms with E-state index in [1.54, 1.807) is 20.8 Å². The molecule has 7 heteroatoms. The van der Waals surface area contributed by atoms with Gasteiger partial charge in [-0.1, -0.05) is 59.3 Å². The van der Waals surface area contributed by atoms with Crippen molar-refractivity contribution in [3.63, 3.8) is 0 Å². The fourth-order valence-electron chi connectivity index (χ4n) is 3.79. The van der Waals surface area contributed by atoms with E-state index in [2.05, 4.69) is 12.2 Å². The van der Waals surface area contributed by atoms with E-state index in [-0.39, 0.29) is 24.3 Å². The number of carboxylic acids is 1. The second-order valence-corrected chi connectivity index (χ2v) is 8.76. The van der Waals surface area contributed by atoms with Crippen LogP contribution in [0.5, 0.6) is 0 Å². The summed E-state index contributed by atoms with van der Waals surface area (Å²) in [4.78, 5) is 34.2. The molecule has 0 aromatic rings. The number of carbonyl (C=O) groups is 3. The van der Waals surface area contributed by atoms with Crippen LogP contribution in [0.15, 0.2) is 0 Å². The fraction of sp³-hybridized carbons (Fsp3) is 0.864. The summed E-state index contributed by atoms with van der Waals surface area (Å²) < 4.78 is 10.2. The van der Waals surface area contributed by atoms with Crippen LogP contribution in [0.3, 0.4) is 0 Å². The monoisotopic (exact) mass is 413 g/mol. The van der Waals surface area contributed by atoms with E-state index in [4.69, 9.17) is 14.6 Å². The first-order chi connectivity index (χ1) is 13.7. The maximum absolute atomic E-state index is 12.1. The van der Waals surface area contributed by atoms with E-state index < -0.39 is 18.4 Å². The number of aliphatic carboxylic acids is 1. The summed E-state index contributed by atoms with van der Waals surface area (Å²) in [5.74, 6) is -0.183. The zero-order chi connectivity index (χ0) is 21.8. The van der Waals surface area contributed by atoms with Gasteiger partial charge < -0.3 is 19.9 Å². The number of hydrogen-bond donors (Lipinski definition) is 2. The van der Waals surface area contributed by atoms with Crippen LogP contribution in [0.2, 0.25) is 0 Å². The summed E-state index contributed by atoms with van der Waals surface area (Å²) in [5, 5.41) is 11.6. The quantitative estimate of drug-likeness (QED) is 0.269. The second kappa shape index (κ2) is 13.4. The van der Waals surface area contributed by atoms with Gasteiger partial charge in [0.15, 0.2) is 0 Å². The van der Waals surface area contributed by atoms with Crippen LogP contribution < -0.4 is 5.32 Å². The third-order valence-corrected chi connectivity index (χ3v) is 5.54. The molecular weight excluding hydrogens is 374 g/mol. The van der Waals surface area contributed by atoms with E-state index in [9.17, 15) is 14.4 Å². The summed E-state index contributed by atoms with van der Waals surface area (Å²) in [6, 6.07) is 0.0973. The van der Waals surface area contributed by atoms with Gasteiger partial charge in [-0.2, -0.15) is 0 Å². The van der Waals surface area contributed by atoms with Crippen molar-refractivity contribution in [3.05, 3.63) is 0 Å². The van der Waals surface area contributed by atoms with Crippen LogP contribution in [0.4, 0.5) is 4.79 Å². The van der Waals surface area contributed by atoms with Crippen LogP contribution in [-0.4, -0.2) is 35.5 Å². The van der Waals surface area contributed by atoms with Gasteiger partial charge in [0.05, 0.1) is 5.92 Å². The van der Waals surface area contributed by atoms with Crippen molar-refractivity contribution in [1.29, 1.82) is 0 Å². The van der Waals surface area contributed by atoms with E-state index >= 15 is 0 Å². The van der Waals surface area contributed by atoms with Gasteiger partial charge in [-0.15, -0.1) is 0 Å². The number of amides is 1. The molecule has 0 bridgehead atoms. The lowest BCUT2D eigenvalue weighted by Gasteiger charge is -2.30. The SMILES string of the molecule is CC(C)C(=O)O[C@H](C)OC(=O)NC1CCCC(CC[C@H](C)CCCCC(=O)O)C1. The molecule has 1 saturated carbocycles. The predicted octanol–water partition coefficient (Wildman–Crippen LogP) is 4.88. The molecule has 0 radical (unpaired) electrons. The smallest absolute Gasteiger partial charge is 0.410 e. The van der Waals surface area contributed by atoms with Crippen LogP contribution in [0, 0.1) is 17.8 Å². The number of rotatable bonds is 12. The summed E-state index contributed by atoms with van der Waals surface area (Å²) in [5.41, 5.74) is 0. The van der Waals surface area contributed by atoms with Crippen LogP contribution in [0.25, 0.3) is 0 Å². The molecule has 7 nitrogen and oxygen atoms in total. The molecule has 0 aliphatic heterocycles. The Labute approximate surface area is 174 Å². The molecule has 0 spiro atoms. The Balaban J connectivity index is 2.25. The van der Waals surface area contributed by atoms with Crippen molar-refractivity contribution < 1.29 is 29.0 Å². The average Bonchev–Trinajstić information content (AvgIpc) is 2.63. The first-order valence-electron chi connectivity index (χ1n) is 11.1. The van der Waals surface area contributed by atoms with Crippen molar-refractivity contribution in [2.45, 2.75) is 104 Å². The molecule has 1 rings (SSSR count). The molecule has 1 aliphatic rings. The van der Waals surface area contributed by atoms with Gasteiger partial charge in [-0.3, -0.25) is 9.59 Å². The van der Waals surface area contributed by atoms with E-state index in [1.165, 1.54) is 6.42 Å². The van der Waals surface area contributed by atoms with Crippen molar-refractivity contribution in [3.8, 4) is 0 Å². The molecule has 29 heavy (non-hydrogen) atoms. The number of ether oxygens (including phenoxy) is 2. The molecule has 4 atom stereocenters. The Morgan fingerprint density at radius 3 is 2.41 bits per heavy atom. The summed E-state index contributed by atoms with van der Waals surface area (Å²) in [7, 11) is 0. The van der Waals surface area contributed by atoms with Crippen LogP contribution >= 0.6 is 0 Å². The molecule has 1 aliphatic carbocycles. The van der Waals surface area contributed by atoms with Crippen LogP contribution in [0.1, 0.15) is 91.9 Å². The number of alkyl carbamates (subject to hydrolysis) is 1. The van der Waals surface area contributed by atoms with E-state index in [0.29, 0.717) is 11.8 Å². The Kier molecular flexibility index (Phi) is 11.7. The minimum absolute atomic E-state index is 0.0973. The number of carbonyl (C=O) groups excluding carboxylic acids is 2. The van der Waals surface area contributed by atoms with Crippen molar-refractivity contribution in [1.82, 2.24) is 5.32 Å². The molecule has 1 amide bonds. The standard InChI is InChI=1S/C22H39NO6/c1-15(2)21(26)28-17(4)29-22(27)23-19-10-7-9-18(14-19)13-12-16(3)8-5-6-11-20(24)25/h15-19H,5-14H2,1-4H3,(H,23,27)(H,24,25)/t16-,17+,18?,19?/m1/s1. The highest BCUT2D eigenvalue weighted by atomic mass is 16.7. The van der Waals surface area contributed by atoms with Gasteiger partial charge in [-0.05, 0) is 31.1 Å². The number of hydrogen-bond acceptors (Lipinski definition) is 5. The Morgan fingerprint density at radius 1 is 1.03 bits per heavy atom. The van der Waals surface area contributed by atoms with E-state index in [1.807, 2.05) is 0 Å². The lowest BCUT2D eigenvalue weighted by Crippen LogP contribution is -2.40. The zero-order valence-corrected chi connectivity index (χ0v) is 18.4. The Morgan fingerprint density at radius 2 is 1.76 bits per heavy atom. The number of nitrogens with one attached hydrogen (secondary N) is 1. The van der Waals surface area contributed by atoms with Gasteiger partial charge in [0.1, 0.15) is 0 Å². The number of unbranched alkanes of at least 4 members (excludes halogenated alkanes) is 1. The minimum atomic E-state index is -0.897. The molecule has 1 fully saturated rings. The zero-order valence-electron chi connectivity index (χ0n) is 18.4. The fourth-order valence-corrected chi connectivity index (χ4v) is 3.79. The molecule has 0 heterocycles. The molecule has 2 N–H and O–H groups in total. The molecular formula is C22H39NO6. The van der Waals surface area contributed by atoms with Gasteiger partial charge in [0, 0.05) is 19.4 Å². The highest BCUT2D eigenvalue weighted by Gasteiger charge is 2.25. The van der Waals surface area contributed by atoms with Gasteiger partial charge in [0.2, 0.25) is 6.29 Å². The summed E-state index contributed by atoms with van der Waals surface area (Å²) in [6.07, 6.45) is 8.04. The molecule has 2 unspecified atom stereocenters. The van der Waals surface area contributed by atoms with Gasteiger partial charge >= 0.3 is 18.0 Å². The molecule has 0 aromatic heterocycles. The van der Waals surface area contributed by atoms with Crippen LogP contribution in [-0.2, 0) is 19.1 Å². The average molecular weight is 414 g/mol. The third kappa shape index (κ3) is 11.7. The molecule has 168 valence electrons. The lowest BCUT2D eigenvalue weighted by molar-refractivity contribution is -0.168. The molecule has 0 aromatic carbocycles. The highest BCUT2D eigenvalue weighted by molar-refractivity contribution is 5.72. The van der Waals surface area contributed by atoms with Crippen molar-refractivity contribution in [2.24, 2.45) is 17.8 Å². The second-order valence-electron chi connectivity index (χ2n) is 8.76. The van der Waals surface area contributed by atoms with Crippen molar-refractivity contribution >= 4 is 18.0 Å². The first-order valence-corrected chi connectivity index (χ1v) is 11.1. The normalized spacial score (nSPS) is 21.3. The van der Waals surface area contributed by atoms with Gasteiger partial charge in [0.25, 0.3) is 0 Å². The highest BCUT2D eigenvalue weighted by Crippen LogP contribution is 2.30.